The molecule has 1 N–H and O–H groups in total. The molecule has 0 amide bonds. The second kappa shape index (κ2) is 6.80. The molecule has 0 aliphatic heterocycles. The SMILES string of the molecule is COc1ccc(Cl)cc1Nc1ncnc2c(OC)c(OC)ccc12. The van der Waals surface area contributed by atoms with Crippen LogP contribution in [0.3, 0.4) is 0 Å². The third kappa shape index (κ3) is 2.88. The number of aromatic nitrogens is 2. The molecule has 124 valence electrons. The first-order valence-corrected chi connectivity index (χ1v) is 7.52. The highest BCUT2D eigenvalue weighted by atomic mass is 35.5. The Bertz CT molecular complexity index is 886. The molecule has 3 rings (SSSR count). The zero-order chi connectivity index (χ0) is 17.1. The molecule has 6 nitrogen and oxygen atoms in total. The summed E-state index contributed by atoms with van der Waals surface area (Å²) in [4.78, 5) is 8.63. The second-order valence-electron chi connectivity index (χ2n) is 4.89. The molecule has 0 fully saturated rings. The first-order valence-electron chi connectivity index (χ1n) is 7.14. The van der Waals surface area contributed by atoms with Gasteiger partial charge in [-0.05, 0) is 30.3 Å². The number of hydrogen-bond donors (Lipinski definition) is 1. The Labute approximate surface area is 144 Å². The molecule has 3 aromatic rings. The van der Waals surface area contributed by atoms with Crippen LogP contribution in [0, 0.1) is 0 Å². The van der Waals surface area contributed by atoms with Gasteiger partial charge in [0.15, 0.2) is 11.5 Å². The van der Waals surface area contributed by atoms with Crippen molar-refractivity contribution < 1.29 is 14.2 Å². The second-order valence-corrected chi connectivity index (χ2v) is 5.33. The highest BCUT2D eigenvalue weighted by Gasteiger charge is 2.14. The summed E-state index contributed by atoms with van der Waals surface area (Å²) in [6.07, 6.45) is 1.46. The van der Waals surface area contributed by atoms with Crippen molar-refractivity contribution in [2.45, 2.75) is 0 Å². The normalized spacial score (nSPS) is 10.5. The lowest BCUT2D eigenvalue weighted by molar-refractivity contribution is 0.358. The van der Waals surface area contributed by atoms with E-state index in [1.807, 2.05) is 12.1 Å². The van der Waals surface area contributed by atoms with Crippen molar-refractivity contribution in [1.82, 2.24) is 9.97 Å². The molecule has 0 spiro atoms. The molecule has 2 aromatic carbocycles. The zero-order valence-electron chi connectivity index (χ0n) is 13.5. The number of nitrogens with one attached hydrogen (secondary N) is 1. The maximum absolute atomic E-state index is 6.08. The quantitative estimate of drug-likeness (QED) is 0.752. The van der Waals surface area contributed by atoms with Crippen LogP contribution in [0.1, 0.15) is 0 Å². The average molecular weight is 346 g/mol. The minimum Gasteiger partial charge on any atom is -0.495 e. The summed E-state index contributed by atoms with van der Waals surface area (Å²) in [5.74, 6) is 2.43. The largest absolute Gasteiger partial charge is 0.495 e. The monoisotopic (exact) mass is 345 g/mol. The lowest BCUT2D eigenvalue weighted by Gasteiger charge is -2.14. The maximum Gasteiger partial charge on any atom is 0.187 e. The Morgan fingerprint density at radius 3 is 2.38 bits per heavy atom. The van der Waals surface area contributed by atoms with Gasteiger partial charge in [0.05, 0.1) is 27.0 Å². The van der Waals surface area contributed by atoms with Gasteiger partial charge in [-0.15, -0.1) is 0 Å². The number of halogens is 1. The van der Waals surface area contributed by atoms with E-state index in [0.717, 1.165) is 5.39 Å². The van der Waals surface area contributed by atoms with Crippen LogP contribution in [-0.4, -0.2) is 31.3 Å². The molecule has 0 radical (unpaired) electrons. The summed E-state index contributed by atoms with van der Waals surface area (Å²) in [6.45, 7) is 0. The van der Waals surface area contributed by atoms with E-state index in [2.05, 4.69) is 15.3 Å². The Morgan fingerprint density at radius 2 is 1.67 bits per heavy atom. The van der Waals surface area contributed by atoms with Crippen molar-refractivity contribution in [3.05, 3.63) is 41.7 Å². The summed E-state index contributed by atoms with van der Waals surface area (Å²) in [7, 11) is 4.76. The molecule has 0 atom stereocenters. The van der Waals surface area contributed by atoms with Crippen LogP contribution in [0.25, 0.3) is 10.9 Å². The van der Waals surface area contributed by atoms with Crippen LogP contribution in [-0.2, 0) is 0 Å². The summed E-state index contributed by atoms with van der Waals surface area (Å²) in [5.41, 5.74) is 1.36. The van der Waals surface area contributed by atoms with E-state index in [1.165, 1.54) is 6.33 Å². The van der Waals surface area contributed by atoms with E-state index >= 15 is 0 Å². The molecular weight excluding hydrogens is 330 g/mol. The molecule has 1 heterocycles. The molecule has 0 unspecified atom stereocenters. The van der Waals surface area contributed by atoms with Crippen LogP contribution < -0.4 is 19.5 Å². The van der Waals surface area contributed by atoms with Crippen molar-refractivity contribution in [3.63, 3.8) is 0 Å². The van der Waals surface area contributed by atoms with Crippen molar-refractivity contribution in [1.29, 1.82) is 0 Å². The maximum atomic E-state index is 6.08. The van der Waals surface area contributed by atoms with Gasteiger partial charge in [0.2, 0.25) is 0 Å². The molecule has 1 aromatic heterocycles. The summed E-state index contributed by atoms with van der Waals surface area (Å²) in [5, 5.41) is 4.62. The standard InChI is InChI=1S/C17H16ClN3O3/c1-22-13-6-4-10(18)8-12(13)21-17-11-5-7-14(23-2)16(24-3)15(11)19-9-20-17/h4-9H,1-3H3,(H,19,20,21). The van der Waals surface area contributed by atoms with E-state index in [4.69, 9.17) is 25.8 Å². The number of ether oxygens (including phenoxy) is 3. The Hall–Kier alpha value is -2.73. The number of anilines is 2. The van der Waals surface area contributed by atoms with Gasteiger partial charge < -0.3 is 19.5 Å². The lowest BCUT2D eigenvalue weighted by Crippen LogP contribution is -2.00. The summed E-state index contributed by atoms with van der Waals surface area (Å²) in [6, 6.07) is 9.01. The number of nitrogens with zero attached hydrogens (tertiary/aromatic N) is 2. The molecule has 7 heteroatoms. The predicted octanol–water partition coefficient (Wildman–Crippen LogP) is 4.05. The third-order valence-corrected chi connectivity index (χ3v) is 3.80. The van der Waals surface area contributed by atoms with Crippen LogP contribution in [0.2, 0.25) is 5.02 Å². The third-order valence-electron chi connectivity index (χ3n) is 3.56. The van der Waals surface area contributed by atoms with E-state index in [0.29, 0.717) is 39.3 Å². The van der Waals surface area contributed by atoms with E-state index in [9.17, 15) is 0 Å². The molecule has 0 aliphatic carbocycles. The Morgan fingerprint density at radius 1 is 0.917 bits per heavy atom. The molecule has 0 aliphatic rings. The summed E-state index contributed by atoms with van der Waals surface area (Å²) < 4.78 is 16.1. The number of rotatable bonds is 5. The zero-order valence-corrected chi connectivity index (χ0v) is 14.2. The molecular formula is C17H16ClN3O3. The van der Waals surface area contributed by atoms with E-state index in [1.54, 1.807) is 39.5 Å². The minimum absolute atomic E-state index is 0.554. The van der Waals surface area contributed by atoms with Crippen molar-refractivity contribution in [2.24, 2.45) is 0 Å². The van der Waals surface area contributed by atoms with Crippen LogP contribution in [0.4, 0.5) is 11.5 Å². The Kier molecular flexibility index (Phi) is 4.57. The van der Waals surface area contributed by atoms with Crippen LogP contribution in [0.5, 0.6) is 17.2 Å². The van der Waals surface area contributed by atoms with Gasteiger partial charge in [-0.25, -0.2) is 9.97 Å². The van der Waals surface area contributed by atoms with Gasteiger partial charge >= 0.3 is 0 Å². The van der Waals surface area contributed by atoms with Gasteiger partial charge in [-0.2, -0.15) is 0 Å². The van der Waals surface area contributed by atoms with Crippen molar-refractivity contribution >= 4 is 34.0 Å². The van der Waals surface area contributed by atoms with Gasteiger partial charge in [-0.1, -0.05) is 11.6 Å². The fraction of sp³-hybridized carbons (Fsp3) is 0.176. The smallest absolute Gasteiger partial charge is 0.187 e. The van der Waals surface area contributed by atoms with E-state index in [-0.39, 0.29) is 0 Å². The van der Waals surface area contributed by atoms with Crippen molar-refractivity contribution in [2.75, 3.05) is 26.6 Å². The average Bonchev–Trinajstić information content (AvgIpc) is 2.61. The lowest BCUT2D eigenvalue weighted by atomic mass is 10.2. The van der Waals surface area contributed by atoms with Gasteiger partial charge in [0.1, 0.15) is 23.4 Å². The minimum atomic E-state index is 0.554. The summed E-state index contributed by atoms with van der Waals surface area (Å²) >= 11 is 6.08. The first kappa shape index (κ1) is 16.1. The fourth-order valence-corrected chi connectivity index (χ4v) is 2.62. The van der Waals surface area contributed by atoms with Crippen LogP contribution in [0.15, 0.2) is 36.7 Å². The highest BCUT2D eigenvalue weighted by molar-refractivity contribution is 6.31. The molecule has 24 heavy (non-hydrogen) atoms. The molecule has 0 bridgehead atoms. The van der Waals surface area contributed by atoms with Gasteiger partial charge in [-0.3, -0.25) is 0 Å². The first-order chi connectivity index (χ1) is 11.7. The van der Waals surface area contributed by atoms with Gasteiger partial charge in [0.25, 0.3) is 0 Å². The number of benzene rings is 2. The van der Waals surface area contributed by atoms with Crippen LogP contribution >= 0.6 is 11.6 Å². The molecule has 0 saturated carbocycles. The number of hydrogen-bond acceptors (Lipinski definition) is 6. The predicted molar refractivity (Wildman–Crippen MR) is 93.9 cm³/mol. The highest BCUT2D eigenvalue weighted by Crippen LogP contribution is 2.38. The fourth-order valence-electron chi connectivity index (χ4n) is 2.45. The van der Waals surface area contributed by atoms with Gasteiger partial charge in [0, 0.05) is 10.4 Å². The topological polar surface area (TPSA) is 65.5 Å². The number of fused-ring (bicyclic) bond motifs is 1. The van der Waals surface area contributed by atoms with E-state index < -0.39 is 0 Å². The Balaban J connectivity index is 2.13. The number of methoxy groups -OCH3 is 3. The van der Waals surface area contributed by atoms with Crippen molar-refractivity contribution in [3.8, 4) is 17.2 Å². The molecule has 0 saturated heterocycles.